The first-order valence-electron chi connectivity index (χ1n) is 9.66. The van der Waals surface area contributed by atoms with Crippen LogP contribution in [0.15, 0.2) is 54.6 Å². The second-order valence-corrected chi connectivity index (χ2v) is 7.03. The molecular formula is C22H25N3O3. The summed E-state index contributed by atoms with van der Waals surface area (Å²) in [4.78, 5) is 18.8. The Bertz CT molecular complexity index is 931. The number of ether oxygens (including phenoxy) is 2. The molecule has 28 heavy (non-hydrogen) atoms. The third kappa shape index (κ3) is 3.87. The molecule has 1 fully saturated rings. The van der Waals surface area contributed by atoms with Crippen molar-refractivity contribution in [2.45, 2.75) is 25.5 Å². The van der Waals surface area contributed by atoms with E-state index >= 15 is 0 Å². The number of benzene rings is 2. The van der Waals surface area contributed by atoms with Gasteiger partial charge in [0.15, 0.2) is 0 Å². The van der Waals surface area contributed by atoms with Crippen molar-refractivity contribution in [1.29, 1.82) is 0 Å². The van der Waals surface area contributed by atoms with Crippen LogP contribution < -0.4 is 4.74 Å². The summed E-state index contributed by atoms with van der Waals surface area (Å²) >= 11 is 0. The van der Waals surface area contributed by atoms with Crippen LogP contribution in [-0.2, 0) is 16.1 Å². The number of para-hydroxylation sites is 3. The highest BCUT2D eigenvalue weighted by Crippen LogP contribution is 2.29. The van der Waals surface area contributed by atoms with E-state index in [0.717, 1.165) is 48.5 Å². The molecule has 0 bridgehead atoms. The standard InChI is InChI=1S/C22H25N3O3/c1-27-16-22(26)24-13-11-17(12-14-24)25-20-10-6-5-9-19(20)23-21(25)15-28-18-7-3-2-4-8-18/h2-10,17H,11-16H2,1H3. The molecule has 6 nitrogen and oxygen atoms in total. The lowest BCUT2D eigenvalue weighted by Crippen LogP contribution is -2.41. The fourth-order valence-corrected chi connectivity index (χ4v) is 3.86. The third-order valence-electron chi connectivity index (χ3n) is 5.23. The van der Waals surface area contributed by atoms with Crippen LogP contribution in [0.4, 0.5) is 0 Å². The molecular weight excluding hydrogens is 354 g/mol. The van der Waals surface area contributed by atoms with E-state index in [1.807, 2.05) is 53.4 Å². The number of piperidine rings is 1. The summed E-state index contributed by atoms with van der Waals surface area (Å²) in [7, 11) is 1.56. The molecule has 2 aromatic carbocycles. The molecule has 0 saturated carbocycles. The Labute approximate surface area is 164 Å². The van der Waals surface area contributed by atoms with E-state index in [-0.39, 0.29) is 12.5 Å². The summed E-state index contributed by atoms with van der Waals surface area (Å²) in [6.45, 7) is 2.03. The van der Waals surface area contributed by atoms with Crippen LogP contribution in [0.3, 0.4) is 0 Å². The number of nitrogens with zero attached hydrogens (tertiary/aromatic N) is 3. The van der Waals surface area contributed by atoms with E-state index in [9.17, 15) is 4.79 Å². The predicted octanol–water partition coefficient (Wildman–Crippen LogP) is 3.43. The number of fused-ring (bicyclic) bond motifs is 1. The van der Waals surface area contributed by atoms with Gasteiger partial charge in [0.2, 0.25) is 5.91 Å². The van der Waals surface area contributed by atoms with Gasteiger partial charge < -0.3 is 18.9 Å². The molecule has 0 unspecified atom stereocenters. The summed E-state index contributed by atoms with van der Waals surface area (Å²) < 4.78 is 13.3. The molecule has 0 spiro atoms. The normalized spacial score (nSPS) is 15.1. The van der Waals surface area contributed by atoms with Crippen molar-refractivity contribution in [1.82, 2.24) is 14.5 Å². The summed E-state index contributed by atoms with van der Waals surface area (Å²) in [5.74, 6) is 1.82. The molecule has 4 rings (SSSR count). The number of hydrogen-bond donors (Lipinski definition) is 0. The smallest absolute Gasteiger partial charge is 0.248 e. The van der Waals surface area contributed by atoms with E-state index in [1.54, 1.807) is 7.11 Å². The van der Waals surface area contributed by atoms with Crippen molar-refractivity contribution in [3.05, 3.63) is 60.4 Å². The molecule has 1 aromatic heterocycles. The monoisotopic (exact) mass is 379 g/mol. The molecule has 0 N–H and O–H groups in total. The lowest BCUT2D eigenvalue weighted by molar-refractivity contribution is -0.136. The number of likely N-dealkylation sites (tertiary alicyclic amines) is 1. The Morgan fingerprint density at radius 3 is 2.54 bits per heavy atom. The molecule has 2 heterocycles. The van der Waals surface area contributed by atoms with E-state index in [4.69, 9.17) is 14.5 Å². The number of aromatic nitrogens is 2. The van der Waals surface area contributed by atoms with Crippen LogP contribution in [0.2, 0.25) is 0 Å². The van der Waals surface area contributed by atoms with Crippen molar-refractivity contribution in [3.63, 3.8) is 0 Å². The van der Waals surface area contributed by atoms with Crippen molar-refractivity contribution in [2.75, 3.05) is 26.8 Å². The maximum absolute atomic E-state index is 12.1. The number of imidazole rings is 1. The molecule has 3 aromatic rings. The Hall–Kier alpha value is -2.86. The van der Waals surface area contributed by atoms with E-state index in [1.165, 1.54) is 0 Å². The third-order valence-corrected chi connectivity index (χ3v) is 5.23. The first kappa shape index (κ1) is 18.5. The van der Waals surface area contributed by atoms with Crippen LogP contribution >= 0.6 is 0 Å². The van der Waals surface area contributed by atoms with Crippen LogP contribution in [0.25, 0.3) is 11.0 Å². The first-order valence-corrected chi connectivity index (χ1v) is 9.66. The summed E-state index contributed by atoms with van der Waals surface area (Å²) in [6, 6.07) is 18.3. The second-order valence-electron chi connectivity index (χ2n) is 7.03. The van der Waals surface area contributed by atoms with Gasteiger partial charge in [0.25, 0.3) is 0 Å². The van der Waals surface area contributed by atoms with Gasteiger partial charge in [-0.2, -0.15) is 0 Å². The number of carbonyl (C=O) groups is 1. The molecule has 0 radical (unpaired) electrons. The molecule has 6 heteroatoms. The maximum atomic E-state index is 12.1. The molecule has 0 aliphatic carbocycles. The largest absolute Gasteiger partial charge is 0.486 e. The molecule has 146 valence electrons. The highest BCUT2D eigenvalue weighted by Gasteiger charge is 2.26. The lowest BCUT2D eigenvalue weighted by Gasteiger charge is -2.33. The van der Waals surface area contributed by atoms with E-state index in [2.05, 4.69) is 10.6 Å². The van der Waals surface area contributed by atoms with Gasteiger partial charge in [-0.15, -0.1) is 0 Å². The predicted molar refractivity (Wildman–Crippen MR) is 107 cm³/mol. The lowest BCUT2D eigenvalue weighted by atomic mass is 10.0. The molecule has 1 aliphatic rings. The number of amides is 1. The topological polar surface area (TPSA) is 56.6 Å². The summed E-state index contributed by atoms with van der Waals surface area (Å²) in [6.07, 6.45) is 1.79. The summed E-state index contributed by atoms with van der Waals surface area (Å²) in [5.41, 5.74) is 2.10. The fraction of sp³-hybridized carbons (Fsp3) is 0.364. The highest BCUT2D eigenvalue weighted by molar-refractivity contribution is 5.78. The van der Waals surface area contributed by atoms with Crippen LogP contribution in [0.5, 0.6) is 5.75 Å². The van der Waals surface area contributed by atoms with Crippen molar-refractivity contribution in [3.8, 4) is 5.75 Å². The quantitative estimate of drug-likeness (QED) is 0.658. The Balaban J connectivity index is 1.55. The van der Waals surface area contributed by atoms with E-state index < -0.39 is 0 Å². The van der Waals surface area contributed by atoms with Gasteiger partial charge >= 0.3 is 0 Å². The van der Waals surface area contributed by atoms with Crippen molar-refractivity contribution in [2.24, 2.45) is 0 Å². The highest BCUT2D eigenvalue weighted by atomic mass is 16.5. The van der Waals surface area contributed by atoms with Crippen molar-refractivity contribution < 1.29 is 14.3 Å². The minimum Gasteiger partial charge on any atom is -0.486 e. The Morgan fingerprint density at radius 1 is 1.07 bits per heavy atom. The van der Waals surface area contributed by atoms with Gasteiger partial charge in [-0.1, -0.05) is 30.3 Å². The van der Waals surface area contributed by atoms with Gasteiger partial charge in [-0.05, 0) is 37.1 Å². The number of methoxy groups -OCH3 is 1. The fourth-order valence-electron chi connectivity index (χ4n) is 3.86. The number of rotatable bonds is 6. The van der Waals surface area contributed by atoms with Gasteiger partial charge in [-0.25, -0.2) is 4.98 Å². The number of carbonyl (C=O) groups excluding carboxylic acids is 1. The minimum absolute atomic E-state index is 0.0593. The molecule has 0 atom stereocenters. The summed E-state index contributed by atoms with van der Waals surface area (Å²) in [5, 5.41) is 0. The van der Waals surface area contributed by atoms with Crippen LogP contribution in [-0.4, -0.2) is 47.2 Å². The van der Waals surface area contributed by atoms with Gasteiger partial charge in [0.1, 0.15) is 24.8 Å². The van der Waals surface area contributed by atoms with Gasteiger partial charge in [0.05, 0.1) is 11.0 Å². The average molecular weight is 379 g/mol. The van der Waals surface area contributed by atoms with Crippen LogP contribution in [0, 0.1) is 0 Å². The van der Waals surface area contributed by atoms with Gasteiger partial charge in [-0.3, -0.25) is 4.79 Å². The maximum Gasteiger partial charge on any atom is 0.248 e. The van der Waals surface area contributed by atoms with E-state index in [0.29, 0.717) is 12.6 Å². The van der Waals surface area contributed by atoms with Crippen molar-refractivity contribution >= 4 is 16.9 Å². The Morgan fingerprint density at radius 2 is 1.79 bits per heavy atom. The molecule has 1 amide bonds. The first-order chi connectivity index (χ1) is 13.8. The van der Waals surface area contributed by atoms with Crippen LogP contribution in [0.1, 0.15) is 24.7 Å². The molecule has 1 saturated heterocycles. The SMILES string of the molecule is COCC(=O)N1CCC(n2c(COc3ccccc3)nc3ccccc32)CC1. The zero-order valence-electron chi connectivity index (χ0n) is 16.1. The zero-order chi connectivity index (χ0) is 19.3. The zero-order valence-corrected chi connectivity index (χ0v) is 16.1. The average Bonchev–Trinajstić information content (AvgIpc) is 3.12. The minimum atomic E-state index is 0.0593. The van der Waals surface area contributed by atoms with Gasteiger partial charge in [0, 0.05) is 26.2 Å². The Kier molecular flexibility index (Phi) is 5.58. The number of hydrogen-bond acceptors (Lipinski definition) is 4. The molecule has 1 aliphatic heterocycles. The second kappa shape index (κ2) is 8.44.